The maximum Gasteiger partial charge on any atom is 0.304 e. The molecule has 1 atom stereocenters. The first kappa shape index (κ1) is 12.8. The van der Waals surface area contributed by atoms with E-state index in [9.17, 15) is 9.18 Å². The van der Waals surface area contributed by atoms with Crippen LogP contribution in [-0.4, -0.2) is 36.8 Å². The van der Waals surface area contributed by atoms with Crippen molar-refractivity contribution in [2.45, 2.75) is 18.9 Å². The lowest BCUT2D eigenvalue weighted by Crippen LogP contribution is -2.33. The Morgan fingerprint density at radius 3 is 2.83 bits per heavy atom. The molecule has 0 bridgehead atoms. The second-order valence-corrected chi connectivity index (χ2v) is 4.51. The van der Waals surface area contributed by atoms with Crippen molar-refractivity contribution in [1.82, 2.24) is 5.32 Å². The number of hydrogen-bond acceptors (Lipinski definition) is 3. The number of hydrogen-bond donors (Lipinski definition) is 2. The number of rotatable bonds is 5. The summed E-state index contributed by atoms with van der Waals surface area (Å²) in [5.74, 6) is -1.01. The molecule has 0 aromatic heterocycles. The number of anilines is 1. The van der Waals surface area contributed by atoms with Gasteiger partial charge in [-0.05, 0) is 30.7 Å². The van der Waals surface area contributed by atoms with E-state index in [1.807, 2.05) is 0 Å². The smallest absolute Gasteiger partial charge is 0.304 e. The van der Waals surface area contributed by atoms with Crippen molar-refractivity contribution < 1.29 is 14.3 Å². The topological polar surface area (TPSA) is 52.6 Å². The average Bonchev–Trinajstić information content (AvgIpc) is 2.78. The highest BCUT2D eigenvalue weighted by molar-refractivity contribution is 5.66. The molecular weight excluding hydrogens is 235 g/mol. The molecule has 2 N–H and O–H groups in total. The largest absolute Gasteiger partial charge is 0.481 e. The van der Waals surface area contributed by atoms with Crippen molar-refractivity contribution in [2.75, 3.05) is 24.5 Å². The molecule has 18 heavy (non-hydrogen) atoms. The zero-order valence-electron chi connectivity index (χ0n) is 10.1. The third-order valence-corrected chi connectivity index (χ3v) is 3.15. The highest BCUT2D eigenvalue weighted by atomic mass is 19.1. The Balaban J connectivity index is 1.81. The van der Waals surface area contributed by atoms with Crippen LogP contribution in [0, 0.1) is 5.82 Å². The fourth-order valence-electron chi connectivity index (χ4n) is 2.20. The van der Waals surface area contributed by atoms with Crippen LogP contribution in [0.4, 0.5) is 10.1 Å². The standard InChI is InChI=1S/C13H17FN2O2/c14-10-1-3-12(4-2-10)16-8-6-11(9-16)15-7-5-13(17)18/h1-4,11,15H,5-9H2,(H,17,18)/t11-/m1/s1. The second-order valence-electron chi connectivity index (χ2n) is 4.51. The van der Waals surface area contributed by atoms with Crippen molar-refractivity contribution in [3.8, 4) is 0 Å². The normalized spacial score (nSPS) is 19.2. The van der Waals surface area contributed by atoms with Gasteiger partial charge in [0, 0.05) is 31.4 Å². The van der Waals surface area contributed by atoms with Crippen molar-refractivity contribution in [2.24, 2.45) is 0 Å². The summed E-state index contributed by atoms with van der Waals surface area (Å²) >= 11 is 0. The molecule has 0 amide bonds. The summed E-state index contributed by atoms with van der Waals surface area (Å²) < 4.78 is 12.8. The molecule has 0 unspecified atom stereocenters. The highest BCUT2D eigenvalue weighted by Crippen LogP contribution is 2.20. The molecular formula is C13H17FN2O2. The van der Waals surface area contributed by atoms with Gasteiger partial charge in [0.25, 0.3) is 0 Å². The monoisotopic (exact) mass is 252 g/mol. The van der Waals surface area contributed by atoms with E-state index >= 15 is 0 Å². The Hall–Kier alpha value is -1.62. The van der Waals surface area contributed by atoms with Crippen LogP contribution in [0.25, 0.3) is 0 Å². The van der Waals surface area contributed by atoms with Crippen LogP contribution in [0.1, 0.15) is 12.8 Å². The molecule has 1 aromatic carbocycles. The summed E-state index contributed by atoms with van der Waals surface area (Å²) in [5, 5.41) is 11.8. The van der Waals surface area contributed by atoms with Gasteiger partial charge < -0.3 is 15.3 Å². The minimum absolute atomic E-state index is 0.146. The summed E-state index contributed by atoms with van der Waals surface area (Å²) in [7, 11) is 0. The summed E-state index contributed by atoms with van der Waals surface area (Å²) in [5.41, 5.74) is 1.01. The number of carboxylic acid groups (broad SMARTS) is 1. The lowest BCUT2D eigenvalue weighted by atomic mass is 10.2. The van der Waals surface area contributed by atoms with Crippen LogP contribution in [0.2, 0.25) is 0 Å². The predicted molar refractivity (Wildman–Crippen MR) is 67.3 cm³/mol. The van der Waals surface area contributed by atoms with E-state index in [-0.39, 0.29) is 12.2 Å². The van der Waals surface area contributed by atoms with E-state index in [1.54, 1.807) is 12.1 Å². The summed E-state index contributed by atoms with van der Waals surface area (Å²) in [6.07, 6.45) is 1.13. The molecule has 1 aliphatic rings. The second kappa shape index (κ2) is 5.82. The van der Waals surface area contributed by atoms with Crippen LogP contribution < -0.4 is 10.2 Å². The van der Waals surface area contributed by atoms with Gasteiger partial charge in [0.1, 0.15) is 5.82 Å². The van der Waals surface area contributed by atoms with E-state index in [1.165, 1.54) is 12.1 Å². The third-order valence-electron chi connectivity index (χ3n) is 3.15. The molecule has 1 heterocycles. The molecule has 1 fully saturated rings. The van der Waals surface area contributed by atoms with Crippen LogP contribution in [-0.2, 0) is 4.79 Å². The van der Waals surface area contributed by atoms with Crippen molar-refractivity contribution in [1.29, 1.82) is 0 Å². The number of carbonyl (C=O) groups is 1. The molecule has 98 valence electrons. The average molecular weight is 252 g/mol. The first-order valence-corrected chi connectivity index (χ1v) is 6.11. The van der Waals surface area contributed by atoms with Gasteiger partial charge in [-0.1, -0.05) is 0 Å². The van der Waals surface area contributed by atoms with Gasteiger partial charge in [0.15, 0.2) is 0 Å². The van der Waals surface area contributed by atoms with Crippen LogP contribution >= 0.6 is 0 Å². The third kappa shape index (κ3) is 3.43. The molecule has 0 saturated carbocycles. The SMILES string of the molecule is O=C(O)CCN[C@@H]1CCN(c2ccc(F)cc2)C1. The Bertz CT molecular complexity index is 408. The zero-order chi connectivity index (χ0) is 13.0. The van der Waals surface area contributed by atoms with E-state index in [0.29, 0.717) is 12.6 Å². The molecule has 2 rings (SSSR count). The van der Waals surface area contributed by atoms with Gasteiger partial charge in [0.05, 0.1) is 6.42 Å². The van der Waals surface area contributed by atoms with E-state index < -0.39 is 5.97 Å². The Kier molecular flexibility index (Phi) is 4.15. The fourth-order valence-corrected chi connectivity index (χ4v) is 2.20. The fraction of sp³-hybridized carbons (Fsp3) is 0.462. The first-order valence-electron chi connectivity index (χ1n) is 6.11. The summed E-state index contributed by atoms with van der Waals surface area (Å²) in [4.78, 5) is 12.6. The van der Waals surface area contributed by atoms with E-state index in [0.717, 1.165) is 25.2 Å². The van der Waals surface area contributed by atoms with Crippen molar-refractivity contribution in [3.63, 3.8) is 0 Å². The molecule has 1 aliphatic heterocycles. The predicted octanol–water partition coefficient (Wildman–Crippen LogP) is 1.47. The lowest BCUT2D eigenvalue weighted by Gasteiger charge is -2.18. The van der Waals surface area contributed by atoms with Crippen LogP contribution in [0.5, 0.6) is 0 Å². The van der Waals surface area contributed by atoms with Crippen molar-refractivity contribution in [3.05, 3.63) is 30.1 Å². The van der Waals surface area contributed by atoms with Gasteiger partial charge >= 0.3 is 5.97 Å². The van der Waals surface area contributed by atoms with Gasteiger partial charge in [-0.15, -0.1) is 0 Å². The minimum atomic E-state index is -0.782. The number of nitrogens with zero attached hydrogens (tertiary/aromatic N) is 1. The molecule has 5 heteroatoms. The van der Waals surface area contributed by atoms with Gasteiger partial charge in [-0.3, -0.25) is 4.79 Å². The number of halogens is 1. The zero-order valence-corrected chi connectivity index (χ0v) is 10.1. The lowest BCUT2D eigenvalue weighted by molar-refractivity contribution is -0.136. The van der Waals surface area contributed by atoms with Gasteiger partial charge in [-0.25, -0.2) is 4.39 Å². The molecule has 0 radical (unpaired) electrons. The molecule has 4 nitrogen and oxygen atoms in total. The van der Waals surface area contributed by atoms with Gasteiger partial charge in [-0.2, -0.15) is 0 Å². The Morgan fingerprint density at radius 2 is 2.17 bits per heavy atom. The number of benzene rings is 1. The summed E-state index contributed by atoms with van der Waals surface area (Å²) in [6.45, 7) is 2.25. The van der Waals surface area contributed by atoms with Gasteiger partial charge in [0.2, 0.25) is 0 Å². The molecule has 1 aromatic rings. The number of aliphatic carboxylic acids is 1. The maximum atomic E-state index is 12.8. The molecule has 0 spiro atoms. The quantitative estimate of drug-likeness (QED) is 0.833. The van der Waals surface area contributed by atoms with E-state index in [2.05, 4.69) is 10.2 Å². The Labute approximate surface area is 105 Å². The number of nitrogens with one attached hydrogen (secondary N) is 1. The maximum absolute atomic E-state index is 12.8. The molecule has 1 saturated heterocycles. The van der Waals surface area contributed by atoms with Crippen LogP contribution in [0.3, 0.4) is 0 Å². The first-order chi connectivity index (χ1) is 8.65. The molecule has 0 aliphatic carbocycles. The highest BCUT2D eigenvalue weighted by Gasteiger charge is 2.22. The van der Waals surface area contributed by atoms with Crippen LogP contribution in [0.15, 0.2) is 24.3 Å². The summed E-state index contributed by atoms with van der Waals surface area (Å²) in [6, 6.07) is 6.78. The van der Waals surface area contributed by atoms with E-state index in [4.69, 9.17) is 5.11 Å². The van der Waals surface area contributed by atoms with Crippen molar-refractivity contribution >= 4 is 11.7 Å². The number of carboxylic acids is 1. The minimum Gasteiger partial charge on any atom is -0.481 e. The Morgan fingerprint density at radius 1 is 1.44 bits per heavy atom.